The Kier molecular flexibility index (Phi) is 4.93. The van der Waals surface area contributed by atoms with Crippen molar-refractivity contribution in [3.05, 3.63) is 59.2 Å². The van der Waals surface area contributed by atoms with E-state index in [2.05, 4.69) is 5.32 Å². The quantitative estimate of drug-likeness (QED) is 0.915. The summed E-state index contributed by atoms with van der Waals surface area (Å²) in [6.07, 6.45) is -4.25. The minimum absolute atomic E-state index is 0.131. The van der Waals surface area contributed by atoms with Crippen LogP contribution in [0.2, 0.25) is 0 Å². The van der Waals surface area contributed by atoms with Crippen LogP contribution in [-0.2, 0) is 17.4 Å². The minimum Gasteiger partial charge on any atom is -0.496 e. The summed E-state index contributed by atoms with van der Waals surface area (Å²) in [7, 11) is 1.57. The SMILES string of the molecule is COc1ccc(CC(=O)Nc2ccc(C(F)(F)F)cc2)cc1C. The molecule has 0 unspecified atom stereocenters. The molecular weight excluding hydrogens is 307 g/mol. The Hall–Kier alpha value is -2.50. The number of hydrogen-bond acceptors (Lipinski definition) is 2. The van der Waals surface area contributed by atoms with Gasteiger partial charge in [-0.1, -0.05) is 12.1 Å². The molecule has 0 saturated carbocycles. The molecule has 3 nitrogen and oxygen atoms in total. The fourth-order valence-electron chi connectivity index (χ4n) is 2.18. The summed E-state index contributed by atoms with van der Waals surface area (Å²) in [4.78, 5) is 12.0. The Labute approximate surface area is 132 Å². The summed E-state index contributed by atoms with van der Waals surface area (Å²) in [5, 5.41) is 2.58. The summed E-state index contributed by atoms with van der Waals surface area (Å²) in [6, 6.07) is 9.74. The van der Waals surface area contributed by atoms with Gasteiger partial charge in [-0.05, 0) is 48.4 Å². The molecule has 2 aromatic carbocycles. The monoisotopic (exact) mass is 323 g/mol. The maximum Gasteiger partial charge on any atom is 0.416 e. The van der Waals surface area contributed by atoms with E-state index in [1.54, 1.807) is 19.2 Å². The van der Waals surface area contributed by atoms with E-state index >= 15 is 0 Å². The van der Waals surface area contributed by atoms with Crippen molar-refractivity contribution in [2.24, 2.45) is 0 Å². The third-order valence-corrected chi connectivity index (χ3v) is 3.32. The van der Waals surface area contributed by atoms with Crippen molar-refractivity contribution in [1.82, 2.24) is 0 Å². The van der Waals surface area contributed by atoms with Gasteiger partial charge in [0, 0.05) is 5.69 Å². The smallest absolute Gasteiger partial charge is 0.416 e. The second kappa shape index (κ2) is 6.73. The lowest BCUT2D eigenvalue weighted by Crippen LogP contribution is -2.14. The molecule has 0 radical (unpaired) electrons. The molecule has 122 valence electrons. The highest BCUT2D eigenvalue weighted by atomic mass is 19.4. The van der Waals surface area contributed by atoms with Gasteiger partial charge in [-0.3, -0.25) is 4.79 Å². The lowest BCUT2D eigenvalue weighted by Gasteiger charge is -2.10. The third kappa shape index (κ3) is 4.48. The van der Waals surface area contributed by atoms with Gasteiger partial charge in [-0.25, -0.2) is 0 Å². The second-order valence-corrected chi connectivity index (χ2v) is 5.10. The van der Waals surface area contributed by atoms with Gasteiger partial charge < -0.3 is 10.1 Å². The van der Waals surface area contributed by atoms with Crippen LogP contribution in [0.4, 0.5) is 18.9 Å². The number of anilines is 1. The zero-order valence-electron chi connectivity index (χ0n) is 12.7. The number of carbonyl (C=O) groups is 1. The van der Waals surface area contributed by atoms with Gasteiger partial charge in [0.1, 0.15) is 5.75 Å². The maximum absolute atomic E-state index is 12.5. The van der Waals surface area contributed by atoms with Crippen molar-refractivity contribution in [3.63, 3.8) is 0 Å². The molecule has 0 aliphatic rings. The molecule has 6 heteroatoms. The number of benzene rings is 2. The van der Waals surface area contributed by atoms with E-state index in [0.29, 0.717) is 5.69 Å². The van der Waals surface area contributed by atoms with E-state index in [1.165, 1.54) is 12.1 Å². The van der Waals surface area contributed by atoms with Crippen LogP contribution in [0.3, 0.4) is 0 Å². The first-order valence-corrected chi connectivity index (χ1v) is 6.90. The van der Waals surface area contributed by atoms with Crippen LogP contribution in [0, 0.1) is 6.92 Å². The Morgan fingerprint density at radius 3 is 2.30 bits per heavy atom. The number of rotatable bonds is 4. The first kappa shape index (κ1) is 16.9. The van der Waals surface area contributed by atoms with Crippen LogP contribution in [0.15, 0.2) is 42.5 Å². The molecule has 0 atom stereocenters. The Balaban J connectivity index is 2.01. The molecule has 0 aliphatic carbocycles. The number of methoxy groups -OCH3 is 1. The lowest BCUT2D eigenvalue weighted by molar-refractivity contribution is -0.137. The maximum atomic E-state index is 12.5. The standard InChI is InChI=1S/C17H16F3NO2/c1-11-9-12(3-8-15(11)23-2)10-16(22)21-14-6-4-13(5-7-14)17(18,19)20/h3-9H,10H2,1-2H3,(H,21,22). The predicted molar refractivity (Wildman–Crippen MR) is 81.5 cm³/mol. The number of halogens is 3. The predicted octanol–water partition coefficient (Wildman–Crippen LogP) is 4.20. The fraction of sp³-hybridized carbons (Fsp3) is 0.235. The molecule has 0 spiro atoms. The normalized spacial score (nSPS) is 11.2. The minimum atomic E-state index is -4.39. The van der Waals surface area contributed by atoms with E-state index in [0.717, 1.165) is 29.0 Å². The Morgan fingerprint density at radius 2 is 1.78 bits per heavy atom. The molecule has 2 aromatic rings. The lowest BCUT2D eigenvalue weighted by atomic mass is 10.1. The Morgan fingerprint density at radius 1 is 1.13 bits per heavy atom. The molecule has 0 saturated heterocycles. The molecule has 1 amide bonds. The number of ether oxygens (including phenoxy) is 1. The molecular formula is C17H16F3NO2. The van der Waals surface area contributed by atoms with Crippen LogP contribution in [0.25, 0.3) is 0 Å². The summed E-state index contributed by atoms with van der Waals surface area (Å²) in [5.74, 6) is 0.436. The highest BCUT2D eigenvalue weighted by molar-refractivity contribution is 5.92. The van der Waals surface area contributed by atoms with Crippen molar-refractivity contribution >= 4 is 11.6 Å². The van der Waals surface area contributed by atoms with Crippen LogP contribution in [0.5, 0.6) is 5.75 Å². The van der Waals surface area contributed by atoms with Crippen molar-refractivity contribution in [3.8, 4) is 5.75 Å². The molecule has 0 aromatic heterocycles. The molecule has 2 rings (SSSR count). The van der Waals surface area contributed by atoms with Crippen LogP contribution in [-0.4, -0.2) is 13.0 Å². The number of alkyl halides is 3. The largest absolute Gasteiger partial charge is 0.496 e. The number of carbonyl (C=O) groups excluding carboxylic acids is 1. The number of hydrogen-bond donors (Lipinski definition) is 1. The van der Waals surface area contributed by atoms with Crippen molar-refractivity contribution < 1.29 is 22.7 Å². The van der Waals surface area contributed by atoms with Gasteiger partial charge in [0.2, 0.25) is 5.91 Å². The van der Waals surface area contributed by atoms with Crippen LogP contribution < -0.4 is 10.1 Å². The summed E-state index contributed by atoms with van der Waals surface area (Å²) in [5.41, 5.74) is 1.29. The molecule has 23 heavy (non-hydrogen) atoms. The first-order chi connectivity index (χ1) is 10.8. The molecule has 0 heterocycles. The number of nitrogens with one attached hydrogen (secondary N) is 1. The fourth-order valence-corrected chi connectivity index (χ4v) is 2.18. The summed E-state index contributed by atoms with van der Waals surface area (Å²) in [6.45, 7) is 1.87. The van der Waals surface area contributed by atoms with Gasteiger partial charge in [-0.2, -0.15) is 13.2 Å². The van der Waals surface area contributed by atoms with E-state index in [-0.39, 0.29) is 12.3 Å². The third-order valence-electron chi connectivity index (χ3n) is 3.32. The summed E-state index contributed by atoms with van der Waals surface area (Å²) < 4.78 is 42.6. The second-order valence-electron chi connectivity index (χ2n) is 5.10. The molecule has 0 bridgehead atoms. The Bertz CT molecular complexity index is 694. The van der Waals surface area contributed by atoms with Gasteiger partial charge in [0.25, 0.3) is 0 Å². The van der Waals surface area contributed by atoms with Gasteiger partial charge >= 0.3 is 6.18 Å². The van der Waals surface area contributed by atoms with Crippen LogP contribution in [0.1, 0.15) is 16.7 Å². The topological polar surface area (TPSA) is 38.3 Å². The van der Waals surface area contributed by atoms with Crippen molar-refractivity contribution in [1.29, 1.82) is 0 Å². The van der Waals surface area contributed by atoms with Crippen LogP contribution >= 0.6 is 0 Å². The van der Waals surface area contributed by atoms with Gasteiger partial charge in [-0.15, -0.1) is 0 Å². The molecule has 0 aliphatic heterocycles. The average Bonchev–Trinajstić information content (AvgIpc) is 2.47. The van der Waals surface area contributed by atoms with Gasteiger partial charge in [0.15, 0.2) is 0 Å². The molecule has 1 N–H and O–H groups in total. The van der Waals surface area contributed by atoms with E-state index < -0.39 is 11.7 Å². The average molecular weight is 323 g/mol. The van der Waals surface area contributed by atoms with Crippen molar-refractivity contribution in [2.45, 2.75) is 19.5 Å². The number of amides is 1. The number of aryl methyl sites for hydroxylation is 1. The van der Waals surface area contributed by atoms with E-state index in [1.807, 2.05) is 13.0 Å². The van der Waals surface area contributed by atoms with Crippen molar-refractivity contribution in [2.75, 3.05) is 12.4 Å². The van der Waals surface area contributed by atoms with E-state index in [9.17, 15) is 18.0 Å². The first-order valence-electron chi connectivity index (χ1n) is 6.90. The van der Waals surface area contributed by atoms with E-state index in [4.69, 9.17) is 4.74 Å². The summed E-state index contributed by atoms with van der Waals surface area (Å²) >= 11 is 0. The molecule has 0 fully saturated rings. The highest BCUT2D eigenvalue weighted by Gasteiger charge is 2.29. The zero-order chi connectivity index (χ0) is 17.0. The highest BCUT2D eigenvalue weighted by Crippen LogP contribution is 2.29. The zero-order valence-corrected chi connectivity index (χ0v) is 12.7. The van der Waals surface area contributed by atoms with Gasteiger partial charge in [0.05, 0.1) is 19.1 Å².